The van der Waals surface area contributed by atoms with Gasteiger partial charge in [0.05, 0.1) is 5.25 Å². The molecule has 0 bridgehead atoms. The predicted octanol–water partition coefficient (Wildman–Crippen LogP) is 3.29. The zero-order valence-electron chi connectivity index (χ0n) is 10.5. The van der Waals surface area contributed by atoms with Gasteiger partial charge in [0.25, 0.3) is 0 Å². The molecule has 0 saturated heterocycles. The fourth-order valence-electron chi connectivity index (χ4n) is 1.24. The van der Waals surface area contributed by atoms with Crippen molar-refractivity contribution in [2.24, 2.45) is 5.73 Å². The summed E-state index contributed by atoms with van der Waals surface area (Å²) in [6.07, 6.45) is 0. The largest absolute Gasteiger partial charge is 0.369 e. The lowest BCUT2D eigenvalue weighted by molar-refractivity contribution is -0.117. The maximum absolute atomic E-state index is 10.9. The minimum Gasteiger partial charge on any atom is -0.369 e. The van der Waals surface area contributed by atoms with Crippen molar-refractivity contribution in [3.05, 3.63) is 29.8 Å². The van der Waals surface area contributed by atoms with E-state index < -0.39 is 0 Å². The number of rotatable bonds is 6. The van der Waals surface area contributed by atoms with Gasteiger partial charge in [-0.15, -0.1) is 23.5 Å². The number of carbonyl (C=O) groups excluding carboxylic acids is 1. The first kappa shape index (κ1) is 14.5. The number of nitrogens with two attached hydrogens (primary N) is 1. The highest BCUT2D eigenvalue weighted by molar-refractivity contribution is 8.00. The smallest absolute Gasteiger partial charge is 0.230 e. The number of hydrogen-bond acceptors (Lipinski definition) is 3. The highest BCUT2D eigenvalue weighted by Gasteiger charge is 2.08. The van der Waals surface area contributed by atoms with Gasteiger partial charge in [0.2, 0.25) is 5.91 Å². The molecule has 17 heavy (non-hydrogen) atoms. The molecule has 2 N–H and O–H groups in total. The average Bonchev–Trinajstić information content (AvgIpc) is 2.26. The van der Waals surface area contributed by atoms with Crippen molar-refractivity contribution in [1.82, 2.24) is 0 Å². The van der Waals surface area contributed by atoms with Crippen molar-refractivity contribution >= 4 is 29.4 Å². The summed E-state index contributed by atoms with van der Waals surface area (Å²) in [7, 11) is 0. The Morgan fingerprint density at radius 1 is 1.24 bits per heavy atom. The molecule has 1 unspecified atom stereocenters. The summed E-state index contributed by atoms with van der Waals surface area (Å²) in [4.78, 5) is 12.2. The van der Waals surface area contributed by atoms with Gasteiger partial charge in [0.15, 0.2) is 0 Å². The maximum atomic E-state index is 10.9. The van der Waals surface area contributed by atoms with E-state index in [0.717, 1.165) is 5.75 Å². The molecule has 0 spiro atoms. The zero-order chi connectivity index (χ0) is 12.8. The van der Waals surface area contributed by atoms with E-state index in [4.69, 9.17) is 5.73 Å². The molecule has 1 aromatic rings. The van der Waals surface area contributed by atoms with Gasteiger partial charge in [-0.3, -0.25) is 4.79 Å². The molecule has 4 heteroatoms. The number of amides is 1. The van der Waals surface area contributed by atoms with E-state index in [9.17, 15) is 4.79 Å². The van der Waals surface area contributed by atoms with E-state index in [1.807, 2.05) is 18.7 Å². The Hall–Kier alpha value is -0.610. The first-order chi connectivity index (χ1) is 7.99. The van der Waals surface area contributed by atoms with Crippen molar-refractivity contribution in [2.45, 2.75) is 41.9 Å². The molecule has 0 saturated carbocycles. The number of benzene rings is 1. The van der Waals surface area contributed by atoms with Gasteiger partial charge in [0, 0.05) is 15.9 Å². The molecule has 0 aliphatic rings. The summed E-state index contributed by atoms with van der Waals surface area (Å²) in [5, 5.41) is 0.477. The molecule has 0 radical (unpaired) electrons. The quantitative estimate of drug-likeness (QED) is 0.806. The Morgan fingerprint density at radius 3 is 2.29 bits per heavy atom. The Labute approximate surface area is 112 Å². The number of hydrogen-bond donors (Lipinski definition) is 1. The van der Waals surface area contributed by atoms with Crippen LogP contribution in [0.1, 0.15) is 26.3 Å². The first-order valence-corrected chi connectivity index (χ1v) is 7.58. The second-order valence-electron chi connectivity index (χ2n) is 4.17. The van der Waals surface area contributed by atoms with E-state index in [2.05, 4.69) is 38.1 Å². The van der Waals surface area contributed by atoms with Crippen LogP contribution in [-0.4, -0.2) is 16.4 Å². The molecular weight excluding hydrogens is 250 g/mol. The fourth-order valence-corrected chi connectivity index (χ4v) is 2.88. The van der Waals surface area contributed by atoms with Crippen LogP contribution >= 0.6 is 23.5 Å². The zero-order valence-corrected chi connectivity index (χ0v) is 12.1. The summed E-state index contributed by atoms with van der Waals surface area (Å²) in [5.41, 5.74) is 6.45. The van der Waals surface area contributed by atoms with E-state index in [0.29, 0.717) is 5.25 Å². The summed E-state index contributed by atoms with van der Waals surface area (Å²) in [6, 6.07) is 8.50. The van der Waals surface area contributed by atoms with Gasteiger partial charge >= 0.3 is 0 Å². The standard InChI is InChI=1S/C13H19NOS2/c1-9(2)17-12-6-4-11(5-7-12)8-16-10(3)13(14)15/h4-7,9-10H,8H2,1-3H3,(H2,14,15). The molecule has 0 aromatic heterocycles. The Kier molecular flexibility index (Phi) is 5.92. The van der Waals surface area contributed by atoms with E-state index in [1.54, 1.807) is 11.8 Å². The van der Waals surface area contributed by atoms with Gasteiger partial charge in [0.1, 0.15) is 0 Å². The van der Waals surface area contributed by atoms with Crippen LogP contribution < -0.4 is 5.73 Å². The van der Waals surface area contributed by atoms with Gasteiger partial charge in [-0.1, -0.05) is 26.0 Å². The molecule has 0 aliphatic heterocycles. The van der Waals surface area contributed by atoms with Crippen molar-refractivity contribution in [3.63, 3.8) is 0 Å². The summed E-state index contributed by atoms with van der Waals surface area (Å²) < 4.78 is 0. The van der Waals surface area contributed by atoms with Crippen LogP contribution in [0, 0.1) is 0 Å². The molecule has 1 rings (SSSR count). The molecule has 2 nitrogen and oxygen atoms in total. The summed E-state index contributed by atoms with van der Waals surface area (Å²) in [6.45, 7) is 6.21. The summed E-state index contributed by atoms with van der Waals surface area (Å²) in [5.74, 6) is 0.582. The summed E-state index contributed by atoms with van der Waals surface area (Å²) >= 11 is 3.43. The lowest BCUT2D eigenvalue weighted by atomic mass is 10.2. The fraction of sp³-hybridized carbons (Fsp3) is 0.462. The van der Waals surface area contributed by atoms with Crippen LogP contribution in [0.3, 0.4) is 0 Å². The Bertz CT molecular complexity index is 362. The second-order valence-corrected chi connectivity index (χ2v) is 7.15. The third-order valence-corrected chi connectivity index (χ3v) is 4.44. The van der Waals surface area contributed by atoms with Crippen molar-refractivity contribution in [3.8, 4) is 0 Å². The first-order valence-electron chi connectivity index (χ1n) is 5.65. The molecule has 94 valence electrons. The van der Waals surface area contributed by atoms with Gasteiger partial charge < -0.3 is 5.73 Å². The van der Waals surface area contributed by atoms with E-state index in [-0.39, 0.29) is 11.2 Å². The Morgan fingerprint density at radius 2 is 1.82 bits per heavy atom. The van der Waals surface area contributed by atoms with Crippen molar-refractivity contribution in [2.75, 3.05) is 0 Å². The van der Waals surface area contributed by atoms with Crippen LogP contribution in [-0.2, 0) is 10.5 Å². The van der Waals surface area contributed by atoms with E-state index >= 15 is 0 Å². The highest BCUT2D eigenvalue weighted by atomic mass is 32.2. The van der Waals surface area contributed by atoms with Crippen LogP contribution in [0.4, 0.5) is 0 Å². The van der Waals surface area contributed by atoms with Crippen molar-refractivity contribution in [1.29, 1.82) is 0 Å². The normalized spacial score (nSPS) is 12.7. The molecule has 0 heterocycles. The third-order valence-electron chi connectivity index (χ3n) is 2.20. The highest BCUT2D eigenvalue weighted by Crippen LogP contribution is 2.24. The van der Waals surface area contributed by atoms with Crippen LogP contribution in [0.5, 0.6) is 0 Å². The minimum atomic E-state index is -0.248. The van der Waals surface area contributed by atoms with Gasteiger partial charge in [-0.25, -0.2) is 0 Å². The minimum absolute atomic E-state index is 0.125. The lowest BCUT2D eigenvalue weighted by Crippen LogP contribution is -2.22. The molecule has 1 atom stereocenters. The molecular formula is C13H19NOS2. The monoisotopic (exact) mass is 269 g/mol. The molecule has 1 amide bonds. The maximum Gasteiger partial charge on any atom is 0.230 e. The lowest BCUT2D eigenvalue weighted by Gasteiger charge is -2.08. The molecule has 0 fully saturated rings. The van der Waals surface area contributed by atoms with Crippen LogP contribution in [0.25, 0.3) is 0 Å². The average molecular weight is 269 g/mol. The molecule has 0 aliphatic carbocycles. The molecule has 1 aromatic carbocycles. The third kappa shape index (κ3) is 5.50. The van der Waals surface area contributed by atoms with Crippen molar-refractivity contribution < 1.29 is 4.79 Å². The topological polar surface area (TPSA) is 43.1 Å². The number of carbonyl (C=O) groups is 1. The predicted molar refractivity (Wildman–Crippen MR) is 77.4 cm³/mol. The SMILES string of the molecule is CC(C)Sc1ccc(CSC(C)C(N)=O)cc1. The van der Waals surface area contributed by atoms with Gasteiger partial charge in [-0.05, 0) is 24.6 Å². The van der Waals surface area contributed by atoms with Crippen LogP contribution in [0.15, 0.2) is 29.2 Å². The number of thioether (sulfide) groups is 2. The van der Waals surface area contributed by atoms with Gasteiger partial charge in [-0.2, -0.15) is 0 Å². The second kappa shape index (κ2) is 6.97. The number of primary amides is 1. The van der Waals surface area contributed by atoms with Crippen LogP contribution in [0.2, 0.25) is 0 Å². The Balaban J connectivity index is 2.48. The van der Waals surface area contributed by atoms with E-state index in [1.165, 1.54) is 10.5 Å².